The lowest BCUT2D eigenvalue weighted by molar-refractivity contribution is -0.120. The molecule has 1 N–H and O–H groups in total. The predicted molar refractivity (Wildman–Crippen MR) is 101 cm³/mol. The minimum atomic E-state index is 0.113. The highest BCUT2D eigenvalue weighted by molar-refractivity contribution is 5.98. The van der Waals surface area contributed by atoms with Crippen LogP contribution in [0.25, 0.3) is 11.1 Å². The smallest absolute Gasteiger partial charge is 0.219 e. The van der Waals surface area contributed by atoms with E-state index < -0.39 is 0 Å². The molecule has 4 rings (SSSR count). The summed E-state index contributed by atoms with van der Waals surface area (Å²) in [6.45, 7) is 3.34. The molecule has 25 heavy (non-hydrogen) atoms. The highest BCUT2D eigenvalue weighted by atomic mass is 16.5. The van der Waals surface area contributed by atoms with Crippen LogP contribution in [-0.2, 0) is 17.6 Å². The van der Waals surface area contributed by atoms with Gasteiger partial charge in [-0.15, -0.1) is 0 Å². The summed E-state index contributed by atoms with van der Waals surface area (Å²) in [4.78, 5) is 11.6. The molecule has 1 aliphatic heterocycles. The van der Waals surface area contributed by atoms with Gasteiger partial charge in [0.05, 0.1) is 6.61 Å². The summed E-state index contributed by atoms with van der Waals surface area (Å²) in [7, 11) is 0. The Bertz CT molecular complexity index is 837. The summed E-state index contributed by atoms with van der Waals surface area (Å²) in [6, 6.07) is 14.9. The molecule has 2 aromatic rings. The third-order valence-corrected chi connectivity index (χ3v) is 5.14. The maximum atomic E-state index is 11.6. The van der Waals surface area contributed by atoms with Gasteiger partial charge >= 0.3 is 0 Å². The SMILES string of the molecule is CCC(=O)NCCC1=C(c2ccccc2)Cc2ccc3c(c21)CCO3. The first-order valence-electron chi connectivity index (χ1n) is 9.10. The van der Waals surface area contributed by atoms with Crippen molar-refractivity contribution in [2.45, 2.75) is 32.6 Å². The van der Waals surface area contributed by atoms with E-state index in [0.29, 0.717) is 13.0 Å². The Kier molecular flexibility index (Phi) is 4.31. The quantitative estimate of drug-likeness (QED) is 0.898. The number of rotatable bonds is 5. The van der Waals surface area contributed by atoms with Crippen LogP contribution in [0.2, 0.25) is 0 Å². The summed E-state index contributed by atoms with van der Waals surface area (Å²) in [6.07, 6.45) is 3.33. The molecule has 2 aromatic carbocycles. The molecule has 0 saturated heterocycles. The number of nitrogens with one attached hydrogen (secondary N) is 1. The van der Waals surface area contributed by atoms with Crippen LogP contribution in [0.3, 0.4) is 0 Å². The molecule has 1 heterocycles. The topological polar surface area (TPSA) is 38.3 Å². The number of benzene rings is 2. The Morgan fingerprint density at radius 1 is 1.16 bits per heavy atom. The molecule has 0 bridgehead atoms. The number of ether oxygens (including phenoxy) is 1. The first kappa shape index (κ1) is 15.9. The Hall–Kier alpha value is -2.55. The summed E-state index contributed by atoms with van der Waals surface area (Å²) in [5.41, 5.74) is 8.16. The van der Waals surface area contributed by atoms with Crippen molar-refractivity contribution in [3.63, 3.8) is 0 Å². The van der Waals surface area contributed by atoms with Gasteiger partial charge in [-0.2, -0.15) is 0 Å². The van der Waals surface area contributed by atoms with Crippen molar-refractivity contribution in [2.24, 2.45) is 0 Å². The van der Waals surface area contributed by atoms with Crippen LogP contribution in [0.15, 0.2) is 42.5 Å². The number of hydrogen-bond donors (Lipinski definition) is 1. The van der Waals surface area contributed by atoms with Gasteiger partial charge in [-0.05, 0) is 46.7 Å². The molecule has 0 spiro atoms. The fraction of sp³-hybridized carbons (Fsp3) is 0.318. The summed E-state index contributed by atoms with van der Waals surface area (Å²) in [5, 5.41) is 3.03. The van der Waals surface area contributed by atoms with Crippen molar-refractivity contribution >= 4 is 17.1 Å². The lowest BCUT2D eigenvalue weighted by atomic mass is 9.94. The van der Waals surface area contributed by atoms with E-state index in [4.69, 9.17) is 4.74 Å². The van der Waals surface area contributed by atoms with E-state index in [1.807, 2.05) is 6.92 Å². The number of fused-ring (bicyclic) bond motifs is 3. The normalized spacial score (nSPS) is 14.9. The standard InChI is InChI=1S/C22H23NO2/c1-2-21(24)23-12-10-17-19(15-6-4-3-5-7-15)14-16-8-9-20-18(22(16)17)11-13-25-20/h3-9H,2,10-14H2,1H3,(H,23,24). The largest absolute Gasteiger partial charge is 0.493 e. The van der Waals surface area contributed by atoms with E-state index in [1.165, 1.54) is 33.4 Å². The minimum absolute atomic E-state index is 0.113. The third kappa shape index (κ3) is 2.95. The lowest BCUT2D eigenvalue weighted by Crippen LogP contribution is -2.23. The van der Waals surface area contributed by atoms with Crippen molar-refractivity contribution in [1.82, 2.24) is 5.32 Å². The van der Waals surface area contributed by atoms with E-state index in [-0.39, 0.29) is 5.91 Å². The van der Waals surface area contributed by atoms with E-state index in [9.17, 15) is 4.79 Å². The zero-order valence-electron chi connectivity index (χ0n) is 14.6. The fourth-order valence-electron chi connectivity index (χ4n) is 3.94. The van der Waals surface area contributed by atoms with Gasteiger partial charge in [0, 0.05) is 24.9 Å². The maximum absolute atomic E-state index is 11.6. The highest BCUT2D eigenvalue weighted by Crippen LogP contribution is 2.45. The first-order valence-corrected chi connectivity index (χ1v) is 9.10. The molecule has 2 aliphatic rings. The van der Waals surface area contributed by atoms with Crippen LogP contribution in [-0.4, -0.2) is 19.1 Å². The van der Waals surface area contributed by atoms with Crippen LogP contribution in [0.4, 0.5) is 0 Å². The van der Waals surface area contributed by atoms with Crippen molar-refractivity contribution in [2.75, 3.05) is 13.2 Å². The Morgan fingerprint density at radius 3 is 2.80 bits per heavy atom. The van der Waals surface area contributed by atoms with Crippen molar-refractivity contribution < 1.29 is 9.53 Å². The molecule has 3 heteroatoms. The zero-order chi connectivity index (χ0) is 17.2. The number of hydrogen-bond acceptors (Lipinski definition) is 2. The molecule has 0 saturated carbocycles. The zero-order valence-corrected chi connectivity index (χ0v) is 14.6. The maximum Gasteiger partial charge on any atom is 0.219 e. The monoisotopic (exact) mass is 333 g/mol. The van der Waals surface area contributed by atoms with E-state index >= 15 is 0 Å². The summed E-state index contributed by atoms with van der Waals surface area (Å²) in [5.74, 6) is 1.14. The average molecular weight is 333 g/mol. The molecule has 3 nitrogen and oxygen atoms in total. The van der Waals surface area contributed by atoms with Crippen molar-refractivity contribution in [3.8, 4) is 5.75 Å². The first-order chi connectivity index (χ1) is 12.3. The van der Waals surface area contributed by atoms with E-state index in [0.717, 1.165) is 31.6 Å². The van der Waals surface area contributed by atoms with Crippen molar-refractivity contribution in [3.05, 3.63) is 64.7 Å². The molecule has 0 unspecified atom stereocenters. The molecule has 1 aliphatic carbocycles. The van der Waals surface area contributed by atoms with Gasteiger partial charge in [-0.25, -0.2) is 0 Å². The van der Waals surface area contributed by atoms with Crippen LogP contribution in [0.1, 0.15) is 42.0 Å². The van der Waals surface area contributed by atoms with Crippen LogP contribution < -0.4 is 10.1 Å². The number of allylic oxidation sites excluding steroid dienone is 1. The second kappa shape index (κ2) is 6.75. The molecule has 1 amide bonds. The molecule has 0 aromatic heterocycles. The predicted octanol–water partition coefficient (Wildman–Crippen LogP) is 4.00. The summed E-state index contributed by atoms with van der Waals surface area (Å²) < 4.78 is 5.78. The molecule has 0 radical (unpaired) electrons. The van der Waals surface area contributed by atoms with Crippen LogP contribution in [0.5, 0.6) is 5.75 Å². The Labute approximate surface area is 148 Å². The average Bonchev–Trinajstić information content (AvgIpc) is 3.26. The number of amides is 1. The van der Waals surface area contributed by atoms with Gasteiger partial charge in [0.2, 0.25) is 5.91 Å². The van der Waals surface area contributed by atoms with E-state index in [1.54, 1.807) is 0 Å². The molecule has 0 fully saturated rings. The lowest BCUT2D eigenvalue weighted by Gasteiger charge is -2.13. The Morgan fingerprint density at radius 2 is 2.00 bits per heavy atom. The number of carbonyl (C=O) groups excluding carboxylic acids is 1. The van der Waals surface area contributed by atoms with Gasteiger partial charge < -0.3 is 10.1 Å². The van der Waals surface area contributed by atoms with Gasteiger partial charge in [-0.1, -0.05) is 43.3 Å². The van der Waals surface area contributed by atoms with Gasteiger partial charge in [0.1, 0.15) is 5.75 Å². The van der Waals surface area contributed by atoms with Crippen LogP contribution >= 0.6 is 0 Å². The Balaban J connectivity index is 1.73. The highest BCUT2D eigenvalue weighted by Gasteiger charge is 2.28. The second-order valence-electron chi connectivity index (χ2n) is 6.63. The van der Waals surface area contributed by atoms with E-state index in [2.05, 4.69) is 47.8 Å². The van der Waals surface area contributed by atoms with Crippen molar-refractivity contribution in [1.29, 1.82) is 0 Å². The van der Waals surface area contributed by atoms with Gasteiger partial charge in [0.25, 0.3) is 0 Å². The second-order valence-corrected chi connectivity index (χ2v) is 6.63. The molecular formula is C22H23NO2. The van der Waals surface area contributed by atoms with Gasteiger partial charge in [-0.3, -0.25) is 4.79 Å². The third-order valence-electron chi connectivity index (χ3n) is 5.14. The fourth-order valence-corrected chi connectivity index (χ4v) is 3.94. The van der Waals surface area contributed by atoms with Crippen LogP contribution in [0, 0.1) is 0 Å². The molecular weight excluding hydrogens is 310 g/mol. The van der Waals surface area contributed by atoms with Gasteiger partial charge in [0.15, 0.2) is 0 Å². The molecule has 0 atom stereocenters. The summed E-state index contributed by atoms with van der Waals surface area (Å²) >= 11 is 0. The minimum Gasteiger partial charge on any atom is -0.493 e. The number of carbonyl (C=O) groups is 1. The molecule has 128 valence electrons.